The average molecular weight is 374 g/mol. The van der Waals surface area contributed by atoms with Gasteiger partial charge in [0, 0.05) is 6.04 Å². The van der Waals surface area contributed by atoms with Gasteiger partial charge in [0.25, 0.3) is 5.91 Å². The van der Waals surface area contributed by atoms with Crippen molar-refractivity contribution in [3.63, 3.8) is 0 Å². The molecule has 0 radical (unpaired) electrons. The van der Waals surface area contributed by atoms with Gasteiger partial charge in [0.1, 0.15) is 17.3 Å². The highest BCUT2D eigenvalue weighted by Crippen LogP contribution is 2.29. The van der Waals surface area contributed by atoms with Gasteiger partial charge >= 0.3 is 0 Å². The van der Waals surface area contributed by atoms with Gasteiger partial charge in [-0.1, -0.05) is 43.2 Å². The Bertz CT molecular complexity index is 923. The molecule has 3 aromatic rings. The van der Waals surface area contributed by atoms with E-state index in [0.29, 0.717) is 29.0 Å². The van der Waals surface area contributed by atoms with Gasteiger partial charge in [-0.25, -0.2) is 9.97 Å². The molecule has 6 nitrogen and oxygen atoms in total. The van der Waals surface area contributed by atoms with E-state index in [2.05, 4.69) is 20.6 Å². The molecular weight excluding hydrogens is 352 g/mol. The maximum absolute atomic E-state index is 12.6. The van der Waals surface area contributed by atoms with E-state index >= 15 is 0 Å². The number of ether oxygens (including phenoxy) is 1. The molecule has 6 heteroatoms. The lowest BCUT2D eigenvalue weighted by atomic mass is 10.2. The van der Waals surface area contributed by atoms with Crippen molar-refractivity contribution in [1.29, 1.82) is 0 Å². The monoisotopic (exact) mass is 374 g/mol. The largest absolute Gasteiger partial charge is 0.455 e. The van der Waals surface area contributed by atoms with E-state index in [9.17, 15) is 4.79 Å². The molecule has 2 N–H and O–H groups in total. The fourth-order valence-corrected chi connectivity index (χ4v) is 3.26. The van der Waals surface area contributed by atoms with Crippen molar-refractivity contribution in [3.05, 3.63) is 72.7 Å². The van der Waals surface area contributed by atoms with Gasteiger partial charge in [-0.3, -0.25) is 4.79 Å². The maximum Gasteiger partial charge on any atom is 0.275 e. The van der Waals surface area contributed by atoms with Crippen LogP contribution < -0.4 is 15.4 Å². The highest BCUT2D eigenvalue weighted by atomic mass is 16.5. The van der Waals surface area contributed by atoms with Gasteiger partial charge in [0.15, 0.2) is 5.75 Å². The molecule has 1 amide bonds. The Morgan fingerprint density at radius 1 is 0.929 bits per heavy atom. The molecule has 0 saturated heterocycles. The maximum atomic E-state index is 12.6. The fraction of sp³-hybridized carbons (Fsp3) is 0.227. The summed E-state index contributed by atoms with van der Waals surface area (Å²) in [6.07, 6.45) is 7.91. The first-order chi connectivity index (χ1) is 13.8. The molecule has 0 aliphatic heterocycles. The lowest BCUT2D eigenvalue weighted by molar-refractivity contribution is 0.102. The topological polar surface area (TPSA) is 76.1 Å². The van der Waals surface area contributed by atoms with E-state index in [-0.39, 0.29) is 11.6 Å². The van der Waals surface area contributed by atoms with Gasteiger partial charge in [-0.15, -0.1) is 0 Å². The normalized spacial score (nSPS) is 13.9. The number of hydrogen-bond donors (Lipinski definition) is 2. The molecule has 4 rings (SSSR count). The summed E-state index contributed by atoms with van der Waals surface area (Å²) in [6.45, 7) is 0. The zero-order valence-electron chi connectivity index (χ0n) is 15.5. The van der Waals surface area contributed by atoms with E-state index in [0.717, 1.165) is 12.8 Å². The van der Waals surface area contributed by atoms with E-state index in [1.165, 1.54) is 19.0 Å². The predicted molar refractivity (Wildman–Crippen MR) is 109 cm³/mol. The molecule has 1 saturated carbocycles. The van der Waals surface area contributed by atoms with Gasteiger partial charge in [0.05, 0.1) is 18.1 Å². The van der Waals surface area contributed by atoms with E-state index in [4.69, 9.17) is 4.74 Å². The number of amides is 1. The molecule has 2 aromatic carbocycles. The zero-order chi connectivity index (χ0) is 19.2. The van der Waals surface area contributed by atoms with Crippen LogP contribution >= 0.6 is 0 Å². The molecule has 1 fully saturated rings. The highest BCUT2D eigenvalue weighted by molar-refractivity contribution is 6.03. The summed E-state index contributed by atoms with van der Waals surface area (Å²) < 4.78 is 5.88. The Kier molecular flexibility index (Phi) is 5.47. The molecule has 1 aromatic heterocycles. The third kappa shape index (κ3) is 4.46. The number of carbonyl (C=O) groups is 1. The van der Waals surface area contributed by atoms with Crippen LogP contribution in [0.3, 0.4) is 0 Å². The number of para-hydroxylation sites is 3. The van der Waals surface area contributed by atoms with Crippen molar-refractivity contribution in [2.45, 2.75) is 31.7 Å². The molecule has 0 bridgehead atoms. The van der Waals surface area contributed by atoms with Crippen molar-refractivity contribution in [1.82, 2.24) is 9.97 Å². The summed E-state index contributed by atoms with van der Waals surface area (Å²) in [5, 5.41) is 6.22. The van der Waals surface area contributed by atoms with E-state index < -0.39 is 0 Å². The smallest absolute Gasteiger partial charge is 0.275 e. The summed E-state index contributed by atoms with van der Waals surface area (Å²) in [7, 11) is 0. The second kappa shape index (κ2) is 8.52. The van der Waals surface area contributed by atoms with Gasteiger partial charge in [-0.2, -0.15) is 0 Å². The molecule has 1 aliphatic rings. The molecule has 1 aliphatic carbocycles. The zero-order valence-corrected chi connectivity index (χ0v) is 15.5. The number of nitrogens with zero attached hydrogens (tertiary/aromatic N) is 2. The minimum absolute atomic E-state index is 0.256. The van der Waals surface area contributed by atoms with Crippen LogP contribution in [0.4, 0.5) is 11.5 Å². The van der Waals surface area contributed by atoms with Crippen LogP contribution in [0.25, 0.3) is 0 Å². The van der Waals surface area contributed by atoms with Crippen LogP contribution in [-0.4, -0.2) is 21.9 Å². The number of rotatable bonds is 6. The van der Waals surface area contributed by atoms with Crippen LogP contribution in [0.15, 0.2) is 67.0 Å². The summed E-state index contributed by atoms with van der Waals surface area (Å²) in [5.74, 6) is 1.64. The summed E-state index contributed by atoms with van der Waals surface area (Å²) in [4.78, 5) is 21.2. The number of carbonyl (C=O) groups excluding carboxylic acids is 1. The Morgan fingerprint density at radius 3 is 2.43 bits per heavy atom. The Hall–Kier alpha value is -3.41. The molecule has 0 spiro atoms. The van der Waals surface area contributed by atoms with Crippen LogP contribution in [0.5, 0.6) is 11.5 Å². The van der Waals surface area contributed by atoms with Crippen LogP contribution in [0, 0.1) is 0 Å². The van der Waals surface area contributed by atoms with Crippen molar-refractivity contribution in [3.8, 4) is 11.5 Å². The van der Waals surface area contributed by atoms with Crippen molar-refractivity contribution >= 4 is 17.4 Å². The average Bonchev–Trinajstić information content (AvgIpc) is 3.24. The van der Waals surface area contributed by atoms with Crippen LogP contribution in [-0.2, 0) is 0 Å². The summed E-state index contributed by atoms with van der Waals surface area (Å²) >= 11 is 0. The molecule has 1 heterocycles. The molecule has 142 valence electrons. The minimum atomic E-state index is -0.330. The van der Waals surface area contributed by atoms with Gasteiger partial charge in [-0.05, 0) is 37.1 Å². The number of benzene rings is 2. The van der Waals surface area contributed by atoms with Crippen LogP contribution in [0.1, 0.15) is 36.2 Å². The van der Waals surface area contributed by atoms with Gasteiger partial charge < -0.3 is 15.4 Å². The quantitative estimate of drug-likeness (QED) is 0.643. The number of hydrogen-bond acceptors (Lipinski definition) is 5. The molecule has 28 heavy (non-hydrogen) atoms. The molecule has 0 atom stereocenters. The number of aromatic nitrogens is 2. The van der Waals surface area contributed by atoms with Crippen molar-refractivity contribution < 1.29 is 9.53 Å². The lowest BCUT2D eigenvalue weighted by Crippen LogP contribution is -2.18. The van der Waals surface area contributed by atoms with Crippen molar-refractivity contribution in [2.24, 2.45) is 0 Å². The SMILES string of the molecule is O=C(Nc1ccccc1Oc1ccccc1)c1cnc(NC2CCCC2)cn1. The van der Waals surface area contributed by atoms with Crippen molar-refractivity contribution in [2.75, 3.05) is 10.6 Å². The van der Waals surface area contributed by atoms with E-state index in [1.54, 1.807) is 12.3 Å². The molecular formula is C22H22N4O2. The van der Waals surface area contributed by atoms with E-state index in [1.807, 2.05) is 48.5 Å². The third-order valence-electron chi connectivity index (χ3n) is 4.70. The number of nitrogens with one attached hydrogen (secondary N) is 2. The molecule has 0 unspecified atom stereocenters. The second-order valence-corrected chi connectivity index (χ2v) is 6.78. The fourth-order valence-electron chi connectivity index (χ4n) is 3.26. The first-order valence-electron chi connectivity index (χ1n) is 9.50. The predicted octanol–water partition coefficient (Wildman–Crippen LogP) is 4.88. The third-order valence-corrected chi connectivity index (χ3v) is 4.70. The van der Waals surface area contributed by atoms with Crippen LogP contribution in [0.2, 0.25) is 0 Å². The highest BCUT2D eigenvalue weighted by Gasteiger charge is 2.16. The van der Waals surface area contributed by atoms with Gasteiger partial charge in [0.2, 0.25) is 0 Å². The Morgan fingerprint density at radius 2 is 1.68 bits per heavy atom. The minimum Gasteiger partial charge on any atom is -0.455 e. The number of anilines is 2. The Labute approximate surface area is 164 Å². The first kappa shape index (κ1) is 18.0. The second-order valence-electron chi connectivity index (χ2n) is 6.78. The first-order valence-corrected chi connectivity index (χ1v) is 9.50. The standard InChI is InChI=1S/C22H22N4O2/c27-22(19-14-24-21(15-23-19)25-16-8-4-5-9-16)26-18-12-6-7-13-20(18)28-17-10-2-1-3-11-17/h1-3,6-7,10-16H,4-5,8-9H2,(H,24,25)(H,26,27). The lowest BCUT2D eigenvalue weighted by Gasteiger charge is -2.13. The summed E-state index contributed by atoms with van der Waals surface area (Å²) in [6, 6.07) is 17.2. The Balaban J connectivity index is 1.43. The summed E-state index contributed by atoms with van der Waals surface area (Å²) in [5.41, 5.74) is 0.831.